The maximum Gasteiger partial charge on any atom is 0.0589 e. The van der Waals surface area contributed by atoms with Crippen LogP contribution in [0.2, 0.25) is 0 Å². The second kappa shape index (κ2) is 7.82. The smallest absolute Gasteiger partial charge is 0.0589 e. The van der Waals surface area contributed by atoms with Gasteiger partial charge < -0.3 is 10.1 Å². The number of thiophene rings is 1. The fourth-order valence-electron chi connectivity index (χ4n) is 1.50. The third-order valence-corrected chi connectivity index (χ3v) is 3.57. The van der Waals surface area contributed by atoms with E-state index in [1.807, 2.05) is 11.3 Å². The molecule has 0 bridgehead atoms. The van der Waals surface area contributed by atoms with E-state index in [4.69, 9.17) is 4.74 Å². The highest BCUT2D eigenvalue weighted by Gasteiger charge is 2.04. The summed E-state index contributed by atoms with van der Waals surface area (Å²) >= 11 is 1.89. The van der Waals surface area contributed by atoms with Gasteiger partial charge in [0.15, 0.2) is 0 Å². The van der Waals surface area contributed by atoms with Crippen molar-refractivity contribution in [3.63, 3.8) is 0 Å². The average molecular weight is 256 g/mol. The number of ether oxygens (including phenoxy) is 1. The lowest BCUT2D eigenvalue weighted by atomic mass is 10.3. The van der Waals surface area contributed by atoms with Gasteiger partial charge in [-0.1, -0.05) is 13.8 Å². The molecule has 0 saturated carbocycles. The topological polar surface area (TPSA) is 24.5 Å². The Morgan fingerprint density at radius 1 is 1.35 bits per heavy atom. The summed E-state index contributed by atoms with van der Waals surface area (Å²) in [5.74, 6) is 0. The van der Waals surface area contributed by atoms with Crippen LogP contribution in [0.15, 0.2) is 12.1 Å². The van der Waals surface area contributed by atoms with Crippen molar-refractivity contribution in [2.75, 3.05) is 27.3 Å². The molecule has 0 aliphatic rings. The number of nitrogens with zero attached hydrogens (tertiary/aromatic N) is 1. The average Bonchev–Trinajstić information content (AvgIpc) is 2.71. The Balaban J connectivity index is 2.34. The number of rotatable bonds is 8. The zero-order chi connectivity index (χ0) is 12.7. The van der Waals surface area contributed by atoms with E-state index in [0.29, 0.717) is 6.04 Å². The molecule has 0 saturated heterocycles. The summed E-state index contributed by atoms with van der Waals surface area (Å²) in [6.07, 6.45) is 0. The summed E-state index contributed by atoms with van der Waals surface area (Å²) in [5.41, 5.74) is 0. The zero-order valence-electron chi connectivity index (χ0n) is 11.3. The Kier molecular flexibility index (Phi) is 6.73. The fourth-order valence-corrected chi connectivity index (χ4v) is 2.55. The Morgan fingerprint density at radius 2 is 2.06 bits per heavy atom. The highest BCUT2D eigenvalue weighted by Crippen LogP contribution is 2.17. The third-order valence-electron chi connectivity index (χ3n) is 2.50. The monoisotopic (exact) mass is 256 g/mol. The predicted molar refractivity (Wildman–Crippen MR) is 74.5 cm³/mol. The van der Waals surface area contributed by atoms with E-state index in [1.165, 1.54) is 9.75 Å². The van der Waals surface area contributed by atoms with Crippen molar-refractivity contribution in [2.24, 2.45) is 0 Å². The molecule has 0 unspecified atom stereocenters. The molecule has 0 atom stereocenters. The standard InChI is InChI=1S/C13H24N2OS/c1-11(2)14-9-12-5-6-13(17-12)10-15(3)7-8-16-4/h5-6,11,14H,7-10H2,1-4H3. The molecular weight excluding hydrogens is 232 g/mol. The Hall–Kier alpha value is -0.420. The number of hydrogen-bond acceptors (Lipinski definition) is 4. The molecule has 0 radical (unpaired) electrons. The van der Waals surface area contributed by atoms with E-state index in [2.05, 4.69) is 43.2 Å². The van der Waals surface area contributed by atoms with E-state index < -0.39 is 0 Å². The van der Waals surface area contributed by atoms with Crippen molar-refractivity contribution < 1.29 is 4.74 Å². The van der Waals surface area contributed by atoms with Gasteiger partial charge >= 0.3 is 0 Å². The van der Waals surface area contributed by atoms with Gasteiger partial charge in [-0.15, -0.1) is 11.3 Å². The third kappa shape index (κ3) is 6.17. The van der Waals surface area contributed by atoms with Gasteiger partial charge in [0.1, 0.15) is 0 Å². The maximum atomic E-state index is 5.07. The Labute approximate surface area is 109 Å². The summed E-state index contributed by atoms with van der Waals surface area (Å²) in [7, 11) is 3.87. The molecule has 0 aromatic carbocycles. The lowest BCUT2D eigenvalue weighted by Gasteiger charge is -2.14. The maximum absolute atomic E-state index is 5.07. The van der Waals surface area contributed by atoms with Crippen LogP contribution < -0.4 is 5.32 Å². The van der Waals surface area contributed by atoms with E-state index in [-0.39, 0.29) is 0 Å². The van der Waals surface area contributed by atoms with Crippen LogP contribution in [-0.4, -0.2) is 38.3 Å². The Bertz CT molecular complexity index is 312. The number of hydrogen-bond donors (Lipinski definition) is 1. The highest BCUT2D eigenvalue weighted by atomic mass is 32.1. The zero-order valence-corrected chi connectivity index (χ0v) is 12.1. The summed E-state index contributed by atoms with van der Waals surface area (Å²) in [5, 5.41) is 3.44. The minimum Gasteiger partial charge on any atom is -0.383 e. The first kappa shape index (κ1) is 14.6. The van der Waals surface area contributed by atoms with E-state index in [1.54, 1.807) is 7.11 Å². The molecule has 0 aliphatic heterocycles. The van der Waals surface area contributed by atoms with Crippen LogP contribution >= 0.6 is 11.3 Å². The highest BCUT2D eigenvalue weighted by molar-refractivity contribution is 7.11. The van der Waals surface area contributed by atoms with E-state index >= 15 is 0 Å². The normalized spacial score (nSPS) is 11.6. The van der Waals surface area contributed by atoms with Gasteiger partial charge in [-0.25, -0.2) is 0 Å². The predicted octanol–water partition coefficient (Wildman–Crippen LogP) is 2.32. The quantitative estimate of drug-likeness (QED) is 0.772. The molecule has 1 rings (SSSR count). The van der Waals surface area contributed by atoms with Crippen LogP contribution in [0.4, 0.5) is 0 Å². The van der Waals surface area contributed by atoms with E-state index in [0.717, 1.165) is 26.2 Å². The van der Waals surface area contributed by atoms with Crippen molar-refractivity contribution in [3.05, 3.63) is 21.9 Å². The first-order valence-corrected chi connectivity index (χ1v) is 6.92. The number of nitrogens with one attached hydrogen (secondary N) is 1. The summed E-state index contributed by atoms with van der Waals surface area (Å²) in [6.45, 7) is 8.11. The van der Waals surface area contributed by atoms with Crippen molar-refractivity contribution in [2.45, 2.75) is 33.0 Å². The molecule has 0 amide bonds. The molecule has 1 N–H and O–H groups in total. The van der Waals surface area contributed by atoms with Crippen LogP contribution in [0.3, 0.4) is 0 Å². The van der Waals surface area contributed by atoms with Gasteiger partial charge in [0, 0.05) is 42.5 Å². The lowest BCUT2D eigenvalue weighted by molar-refractivity contribution is 0.159. The molecule has 0 fully saturated rings. The number of likely N-dealkylation sites (N-methyl/N-ethyl adjacent to an activating group) is 1. The molecule has 1 aromatic rings. The number of methoxy groups -OCH3 is 1. The van der Waals surface area contributed by atoms with Crippen LogP contribution in [-0.2, 0) is 17.8 Å². The second-order valence-electron chi connectivity index (χ2n) is 4.63. The van der Waals surface area contributed by atoms with Crippen molar-refractivity contribution in [1.29, 1.82) is 0 Å². The van der Waals surface area contributed by atoms with Crippen molar-refractivity contribution in [1.82, 2.24) is 10.2 Å². The van der Waals surface area contributed by atoms with Gasteiger partial charge in [0.25, 0.3) is 0 Å². The second-order valence-corrected chi connectivity index (χ2v) is 5.89. The van der Waals surface area contributed by atoms with Crippen LogP contribution in [0.5, 0.6) is 0 Å². The molecule has 3 nitrogen and oxygen atoms in total. The molecule has 17 heavy (non-hydrogen) atoms. The summed E-state index contributed by atoms with van der Waals surface area (Å²) in [6, 6.07) is 5.00. The van der Waals surface area contributed by atoms with Gasteiger partial charge in [-0.2, -0.15) is 0 Å². The molecule has 4 heteroatoms. The van der Waals surface area contributed by atoms with Gasteiger partial charge in [0.05, 0.1) is 6.61 Å². The van der Waals surface area contributed by atoms with Crippen LogP contribution in [0.25, 0.3) is 0 Å². The van der Waals surface area contributed by atoms with Gasteiger partial charge in [0.2, 0.25) is 0 Å². The fraction of sp³-hybridized carbons (Fsp3) is 0.692. The first-order chi connectivity index (χ1) is 8.11. The molecular formula is C13H24N2OS. The largest absolute Gasteiger partial charge is 0.383 e. The molecule has 98 valence electrons. The van der Waals surface area contributed by atoms with Crippen molar-refractivity contribution in [3.8, 4) is 0 Å². The van der Waals surface area contributed by atoms with Crippen molar-refractivity contribution >= 4 is 11.3 Å². The van der Waals surface area contributed by atoms with Gasteiger partial charge in [-0.3, -0.25) is 4.90 Å². The minimum absolute atomic E-state index is 0.546. The SMILES string of the molecule is COCCN(C)Cc1ccc(CNC(C)C)s1. The van der Waals surface area contributed by atoms with Crippen LogP contribution in [0, 0.1) is 0 Å². The van der Waals surface area contributed by atoms with E-state index in [9.17, 15) is 0 Å². The van der Waals surface area contributed by atoms with Gasteiger partial charge in [-0.05, 0) is 19.2 Å². The lowest BCUT2D eigenvalue weighted by Crippen LogP contribution is -2.22. The first-order valence-electron chi connectivity index (χ1n) is 6.10. The van der Waals surface area contributed by atoms with Crippen LogP contribution in [0.1, 0.15) is 23.6 Å². The Morgan fingerprint density at radius 3 is 2.71 bits per heavy atom. The minimum atomic E-state index is 0.546. The molecule has 1 aromatic heterocycles. The molecule has 1 heterocycles. The summed E-state index contributed by atoms with van der Waals surface area (Å²) in [4.78, 5) is 5.12. The molecule has 0 aliphatic carbocycles. The molecule has 0 spiro atoms. The summed E-state index contributed by atoms with van der Waals surface area (Å²) < 4.78 is 5.07.